The molecule has 2 heterocycles. The highest BCUT2D eigenvalue weighted by molar-refractivity contribution is 5.90. The van der Waals surface area contributed by atoms with Gasteiger partial charge in [-0.05, 0) is 46.4 Å². The van der Waals surface area contributed by atoms with Gasteiger partial charge in [0.1, 0.15) is 5.60 Å². The first kappa shape index (κ1) is 25.2. The Hall–Kier alpha value is -3.42. The molecule has 0 aliphatic carbocycles. The number of ether oxygens (including phenoxy) is 1. The number of oxazole rings is 1. The first-order valence-electron chi connectivity index (χ1n) is 11.2. The summed E-state index contributed by atoms with van der Waals surface area (Å²) in [6.45, 7) is 6.72. The third kappa shape index (κ3) is 6.56. The SMILES string of the molecule is CN(CCO)C[C@@H]1C[C@@H](NC(=O)c2ncc(-c3cccc(C#N)c3)o2)CN1C(=O)OC(C)(C)C. The number of likely N-dealkylation sites (N-methyl/N-ethyl adjacent to an activating group) is 1. The third-order valence-electron chi connectivity index (χ3n) is 5.36. The van der Waals surface area contributed by atoms with Crippen LogP contribution in [0.5, 0.6) is 0 Å². The number of aliphatic hydroxyl groups excluding tert-OH is 1. The summed E-state index contributed by atoms with van der Waals surface area (Å²) < 4.78 is 11.2. The number of amides is 2. The molecular weight excluding hydrogens is 438 g/mol. The lowest BCUT2D eigenvalue weighted by Gasteiger charge is -2.30. The monoisotopic (exact) mass is 469 g/mol. The predicted molar refractivity (Wildman–Crippen MR) is 124 cm³/mol. The lowest BCUT2D eigenvalue weighted by Crippen LogP contribution is -2.45. The van der Waals surface area contributed by atoms with Gasteiger partial charge in [0.2, 0.25) is 0 Å². The Morgan fingerprint density at radius 3 is 2.85 bits per heavy atom. The molecule has 1 aromatic carbocycles. The van der Waals surface area contributed by atoms with Crippen LogP contribution in [0.1, 0.15) is 43.4 Å². The highest BCUT2D eigenvalue weighted by Crippen LogP contribution is 2.24. The average Bonchev–Trinajstić information content (AvgIpc) is 3.40. The second-order valence-electron chi connectivity index (χ2n) is 9.40. The van der Waals surface area contributed by atoms with E-state index >= 15 is 0 Å². The van der Waals surface area contributed by atoms with Crippen molar-refractivity contribution >= 4 is 12.0 Å². The number of aliphatic hydroxyl groups is 1. The van der Waals surface area contributed by atoms with Gasteiger partial charge < -0.3 is 29.4 Å². The minimum Gasteiger partial charge on any atom is -0.444 e. The Morgan fingerprint density at radius 1 is 1.41 bits per heavy atom. The van der Waals surface area contributed by atoms with Crippen molar-refractivity contribution in [1.82, 2.24) is 20.1 Å². The van der Waals surface area contributed by atoms with Gasteiger partial charge >= 0.3 is 12.0 Å². The number of carbonyl (C=O) groups is 2. The standard InChI is InChI=1S/C24H31N5O5/c1-24(2,3)34-23(32)29-14-18(11-19(29)15-28(4)8-9-30)27-21(31)22-26-13-20(33-22)17-7-5-6-16(10-17)12-25/h5-7,10,13,18-19,30H,8-9,11,14-15H2,1-4H3,(H,27,31)/t18-,19+/m1/s1. The molecule has 1 fully saturated rings. The molecule has 1 saturated heterocycles. The van der Waals surface area contributed by atoms with Crippen LogP contribution in [0, 0.1) is 11.3 Å². The Balaban J connectivity index is 1.69. The van der Waals surface area contributed by atoms with Gasteiger partial charge in [-0.25, -0.2) is 9.78 Å². The van der Waals surface area contributed by atoms with Crippen LogP contribution in [0.15, 0.2) is 34.9 Å². The van der Waals surface area contributed by atoms with Crippen molar-refractivity contribution in [3.63, 3.8) is 0 Å². The average molecular weight is 470 g/mol. The minimum atomic E-state index is -0.642. The molecule has 34 heavy (non-hydrogen) atoms. The van der Waals surface area contributed by atoms with E-state index in [1.165, 1.54) is 6.20 Å². The van der Waals surface area contributed by atoms with Crippen LogP contribution >= 0.6 is 0 Å². The van der Waals surface area contributed by atoms with Gasteiger partial charge in [0.05, 0.1) is 24.4 Å². The summed E-state index contributed by atoms with van der Waals surface area (Å²) in [7, 11) is 1.87. The number of likely N-dealkylation sites (tertiary alicyclic amines) is 1. The molecule has 2 atom stereocenters. The van der Waals surface area contributed by atoms with Crippen LogP contribution in [0.25, 0.3) is 11.3 Å². The Kier molecular flexibility index (Phi) is 7.91. The van der Waals surface area contributed by atoms with E-state index < -0.39 is 17.6 Å². The molecular formula is C24H31N5O5. The quantitative estimate of drug-likeness (QED) is 0.631. The lowest BCUT2D eigenvalue weighted by molar-refractivity contribution is 0.0197. The second-order valence-corrected chi connectivity index (χ2v) is 9.40. The van der Waals surface area contributed by atoms with Gasteiger partial charge in [0.15, 0.2) is 5.76 Å². The number of nitrogens with one attached hydrogen (secondary N) is 1. The smallest absolute Gasteiger partial charge is 0.410 e. The molecule has 1 aliphatic rings. The van der Waals surface area contributed by atoms with Crippen molar-refractivity contribution in [1.29, 1.82) is 5.26 Å². The fourth-order valence-electron chi connectivity index (χ4n) is 3.86. The fraction of sp³-hybridized carbons (Fsp3) is 0.500. The van der Waals surface area contributed by atoms with Crippen LogP contribution in [-0.4, -0.2) is 82.9 Å². The summed E-state index contributed by atoms with van der Waals surface area (Å²) in [6, 6.07) is 8.40. The van der Waals surface area contributed by atoms with Crippen LogP contribution in [-0.2, 0) is 4.74 Å². The van der Waals surface area contributed by atoms with Crippen LogP contribution in [0.3, 0.4) is 0 Å². The summed E-state index contributed by atoms with van der Waals surface area (Å²) in [6.07, 6.45) is 1.53. The molecule has 2 aromatic rings. The van der Waals surface area contributed by atoms with E-state index in [2.05, 4.69) is 16.4 Å². The Morgan fingerprint density at radius 2 is 2.18 bits per heavy atom. The summed E-state index contributed by atoms with van der Waals surface area (Å²) >= 11 is 0. The van der Waals surface area contributed by atoms with Crippen molar-refractivity contribution in [2.24, 2.45) is 0 Å². The van der Waals surface area contributed by atoms with Crippen molar-refractivity contribution < 1.29 is 23.8 Å². The van der Waals surface area contributed by atoms with Gasteiger partial charge in [-0.2, -0.15) is 5.26 Å². The molecule has 3 rings (SSSR count). The number of aromatic nitrogens is 1. The lowest BCUT2D eigenvalue weighted by atomic mass is 10.1. The molecule has 0 bridgehead atoms. The maximum atomic E-state index is 12.8. The number of nitrogens with zero attached hydrogens (tertiary/aromatic N) is 4. The Labute approximate surface area is 199 Å². The Bertz CT molecular complexity index is 1050. The molecule has 2 amide bonds. The number of hydrogen-bond donors (Lipinski definition) is 2. The molecule has 182 valence electrons. The molecule has 10 heteroatoms. The zero-order chi connectivity index (χ0) is 24.9. The van der Waals surface area contributed by atoms with E-state index in [0.29, 0.717) is 36.4 Å². The van der Waals surface area contributed by atoms with Gasteiger partial charge in [0.25, 0.3) is 5.89 Å². The van der Waals surface area contributed by atoms with Crippen molar-refractivity contribution in [3.8, 4) is 17.4 Å². The van der Waals surface area contributed by atoms with E-state index in [0.717, 1.165) is 0 Å². The summed E-state index contributed by atoms with van der Waals surface area (Å²) in [5.74, 6) is -0.198. The highest BCUT2D eigenvalue weighted by atomic mass is 16.6. The topological polar surface area (TPSA) is 132 Å². The molecule has 0 spiro atoms. The molecule has 0 radical (unpaired) electrons. The summed E-state index contributed by atoms with van der Waals surface area (Å²) in [5.41, 5.74) is 0.483. The fourth-order valence-corrected chi connectivity index (χ4v) is 3.86. The molecule has 0 saturated carbocycles. The molecule has 2 N–H and O–H groups in total. The molecule has 10 nitrogen and oxygen atoms in total. The predicted octanol–water partition coefficient (Wildman–Crippen LogP) is 2.25. The maximum Gasteiger partial charge on any atom is 0.410 e. The van der Waals surface area contributed by atoms with E-state index in [9.17, 15) is 14.7 Å². The molecule has 1 aromatic heterocycles. The van der Waals surface area contributed by atoms with Crippen LogP contribution in [0.2, 0.25) is 0 Å². The second kappa shape index (κ2) is 10.7. The number of nitriles is 1. The van der Waals surface area contributed by atoms with E-state index in [1.54, 1.807) is 49.9 Å². The van der Waals surface area contributed by atoms with Crippen LogP contribution in [0.4, 0.5) is 4.79 Å². The number of benzene rings is 1. The minimum absolute atomic E-state index is 0.0135. The van der Waals surface area contributed by atoms with E-state index in [1.807, 2.05) is 11.9 Å². The molecule has 0 unspecified atom stereocenters. The largest absolute Gasteiger partial charge is 0.444 e. The zero-order valence-corrected chi connectivity index (χ0v) is 19.9. The number of hydrogen-bond acceptors (Lipinski definition) is 8. The van der Waals surface area contributed by atoms with E-state index in [-0.39, 0.29) is 31.1 Å². The van der Waals surface area contributed by atoms with Gasteiger partial charge in [-0.15, -0.1) is 0 Å². The maximum absolute atomic E-state index is 12.8. The molecule has 1 aliphatic heterocycles. The summed E-state index contributed by atoms with van der Waals surface area (Å²) in [5, 5.41) is 21.2. The summed E-state index contributed by atoms with van der Waals surface area (Å²) in [4.78, 5) is 33.2. The van der Waals surface area contributed by atoms with Gasteiger partial charge in [0, 0.05) is 37.3 Å². The van der Waals surface area contributed by atoms with Gasteiger partial charge in [-0.3, -0.25) is 4.79 Å². The van der Waals surface area contributed by atoms with Gasteiger partial charge in [-0.1, -0.05) is 12.1 Å². The zero-order valence-electron chi connectivity index (χ0n) is 19.9. The third-order valence-corrected chi connectivity index (χ3v) is 5.36. The first-order chi connectivity index (χ1) is 16.1. The highest BCUT2D eigenvalue weighted by Gasteiger charge is 2.39. The van der Waals surface area contributed by atoms with E-state index in [4.69, 9.17) is 14.4 Å². The number of rotatable bonds is 7. The number of carbonyl (C=O) groups excluding carboxylic acids is 2. The van der Waals surface area contributed by atoms with Crippen molar-refractivity contribution in [2.75, 3.05) is 33.3 Å². The normalized spacial score (nSPS) is 18.1. The first-order valence-corrected chi connectivity index (χ1v) is 11.2. The van der Waals surface area contributed by atoms with Crippen molar-refractivity contribution in [3.05, 3.63) is 41.9 Å². The van der Waals surface area contributed by atoms with Crippen LogP contribution < -0.4 is 5.32 Å². The van der Waals surface area contributed by atoms with Crippen molar-refractivity contribution in [2.45, 2.75) is 44.9 Å².